The largest absolute Gasteiger partial charge is 0.0985 e. The molecular formula is C19H29Br. The second-order valence-electron chi connectivity index (χ2n) is 5.57. The van der Waals surface area contributed by atoms with Crippen molar-refractivity contribution in [2.75, 3.05) is 5.33 Å². The first kappa shape index (κ1) is 17.5. The lowest BCUT2D eigenvalue weighted by Gasteiger charge is -2.04. The lowest BCUT2D eigenvalue weighted by molar-refractivity contribution is 0.566. The van der Waals surface area contributed by atoms with Crippen LogP contribution in [0.3, 0.4) is 0 Å². The molecule has 0 saturated heterocycles. The number of benzene rings is 1. The molecule has 0 aliphatic rings. The lowest BCUT2D eigenvalue weighted by atomic mass is 10.0. The van der Waals surface area contributed by atoms with Crippen LogP contribution < -0.4 is 0 Å². The van der Waals surface area contributed by atoms with Crippen LogP contribution in [0.15, 0.2) is 30.8 Å². The summed E-state index contributed by atoms with van der Waals surface area (Å²) in [6, 6.07) is 8.75. The molecule has 112 valence electrons. The third-order valence-electron chi connectivity index (χ3n) is 3.79. The molecule has 1 heteroatoms. The molecule has 0 atom stereocenters. The van der Waals surface area contributed by atoms with Gasteiger partial charge in [0.25, 0.3) is 0 Å². The summed E-state index contributed by atoms with van der Waals surface area (Å²) < 4.78 is 0. The summed E-state index contributed by atoms with van der Waals surface area (Å²) in [4.78, 5) is 0. The third-order valence-corrected chi connectivity index (χ3v) is 4.35. The van der Waals surface area contributed by atoms with Crippen molar-refractivity contribution in [3.63, 3.8) is 0 Å². The average Bonchev–Trinajstić information content (AvgIpc) is 2.49. The summed E-state index contributed by atoms with van der Waals surface area (Å²) in [5, 5.41) is 1.17. The molecule has 0 nitrogen and oxygen atoms in total. The van der Waals surface area contributed by atoms with Gasteiger partial charge >= 0.3 is 0 Å². The molecule has 0 unspecified atom stereocenters. The SMILES string of the molecule is C=Cc1cccc(CCCCCCCCCCCBr)c1. The van der Waals surface area contributed by atoms with Crippen molar-refractivity contribution in [3.05, 3.63) is 42.0 Å². The van der Waals surface area contributed by atoms with Crippen LogP contribution in [0.5, 0.6) is 0 Å². The zero-order chi connectivity index (χ0) is 14.5. The molecule has 1 aromatic rings. The first-order valence-electron chi connectivity index (χ1n) is 8.14. The Balaban J connectivity index is 1.95. The molecule has 0 fully saturated rings. The molecule has 0 spiro atoms. The Kier molecular flexibility index (Phi) is 10.7. The van der Waals surface area contributed by atoms with E-state index in [4.69, 9.17) is 0 Å². The van der Waals surface area contributed by atoms with Gasteiger partial charge in [0.15, 0.2) is 0 Å². The first-order chi connectivity index (χ1) is 9.86. The molecule has 1 rings (SSSR count). The minimum absolute atomic E-state index is 1.17. The van der Waals surface area contributed by atoms with Gasteiger partial charge in [0, 0.05) is 5.33 Å². The van der Waals surface area contributed by atoms with Gasteiger partial charge in [-0.25, -0.2) is 0 Å². The summed E-state index contributed by atoms with van der Waals surface area (Å²) in [7, 11) is 0. The molecule has 0 radical (unpaired) electrons. The maximum atomic E-state index is 3.83. The molecule has 0 N–H and O–H groups in total. The van der Waals surface area contributed by atoms with Gasteiger partial charge in [0.2, 0.25) is 0 Å². The minimum atomic E-state index is 1.17. The van der Waals surface area contributed by atoms with Crippen LogP contribution >= 0.6 is 15.9 Å². The smallest absolute Gasteiger partial charge is 0.00313 e. The number of aryl methyl sites for hydroxylation is 1. The normalized spacial score (nSPS) is 10.7. The van der Waals surface area contributed by atoms with E-state index in [0.717, 1.165) is 0 Å². The summed E-state index contributed by atoms with van der Waals surface area (Å²) in [5.74, 6) is 0. The second-order valence-corrected chi connectivity index (χ2v) is 6.36. The van der Waals surface area contributed by atoms with Gasteiger partial charge in [-0.3, -0.25) is 0 Å². The van der Waals surface area contributed by atoms with E-state index in [1.807, 2.05) is 6.08 Å². The van der Waals surface area contributed by atoms with Crippen molar-refractivity contribution in [3.8, 4) is 0 Å². The van der Waals surface area contributed by atoms with Crippen molar-refractivity contribution < 1.29 is 0 Å². The van der Waals surface area contributed by atoms with Gasteiger partial charge < -0.3 is 0 Å². The molecule has 0 saturated carbocycles. The number of rotatable bonds is 12. The zero-order valence-electron chi connectivity index (χ0n) is 12.7. The van der Waals surface area contributed by atoms with E-state index in [0.29, 0.717) is 0 Å². The van der Waals surface area contributed by atoms with Crippen LogP contribution in [-0.4, -0.2) is 5.33 Å². The topological polar surface area (TPSA) is 0 Å². The van der Waals surface area contributed by atoms with Gasteiger partial charge in [0.05, 0.1) is 0 Å². The van der Waals surface area contributed by atoms with E-state index in [1.165, 1.54) is 80.7 Å². The van der Waals surface area contributed by atoms with Crippen molar-refractivity contribution in [2.45, 2.75) is 64.2 Å². The van der Waals surface area contributed by atoms with E-state index >= 15 is 0 Å². The maximum Gasteiger partial charge on any atom is 0.00313 e. The second kappa shape index (κ2) is 12.2. The minimum Gasteiger partial charge on any atom is -0.0985 e. The highest BCUT2D eigenvalue weighted by molar-refractivity contribution is 9.09. The summed E-state index contributed by atoms with van der Waals surface area (Å²) in [6.07, 6.45) is 15.7. The van der Waals surface area contributed by atoms with E-state index in [2.05, 4.69) is 46.8 Å². The summed E-state index contributed by atoms with van der Waals surface area (Å²) >= 11 is 3.48. The molecular weight excluding hydrogens is 308 g/mol. The Labute approximate surface area is 133 Å². The zero-order valence-corrected chi connectivity index (χ0v) is 14.3. The Bertz CT molecular complexity index is 357. The quantitative estimate of drug-likeness (QED) is 0.291. The Morgan fingerprint density at radius 1 is 0.850 bits per heavy atom. The highest BCUT2D eigenvalue weighted by Crippen LogP contribution is 2.13. The van der Waals surface area contributed by atoms with E-state index in [9.17, 15) is 0 Å². The van der Waals surface area contributed by atoms with Crippen LogP contribution in [0.25, 0.3) is 6.08 Å². The fourth-order valence-electron chi connectivity index (χ4n) is 2.54. The standard InChI is InChI=1S/C19H29Br/c1-2-18-14-12-15-19(17-18)13-10-8-6-4-3-5-7-9-11-16-20/h2,12,14-15,17H,1,3-11,13,16H2. The van der Waals surface area contributed by atoms with Crippen molar-refractivity contribution in [1.82, 2.24) is 0 Å². The number of alkyl halides is 1. The van der Waals surface area contributed by atoms with Crippen molar-refractivity contribution in [2.24, 2.45) is 0 Å². The van der Waals surface area contributed by atoms with Crippen molar-refractivity contribution >= 4 is 22.0 Å². The van der Waals surface area contributed by atoms with Gasteiger partial charge in [0.1, 0.15) is 0 Å². The molecule has 1 aromatic carbocycles. The molecule has 0 aliphatic carbocycles. The first-order valence-corrected chi connectivity index (χ1v) is 9.26. The molecule has 0 aromatic heterocycles. The molecule has 0 heterocycles. The number of halogens is 1. The predicted molar refractivity (Wildman–Crippen MR) is 95.6 cm³/mol. The fraction of sp³-hybridized carbons (Fsp3) is 0.579. The molecule has 0 bridgehead atoms. The van der Waals surface area contributed by atoms with E-state index in [1.54, 1.807) is 0 Å². The summed E-state index contributed by atoms with van der Waals surface area (Å²) in [5.41, 5.74) is 2.70. The highest BCUT2D eigenvalue weighted by Gasteiger charge is 1.96. The average molecular weight is 337 g/mol. The van der Waals surface area contributed by atoms with E-state index in [-0.39, 0.29) is 0 Å². The van der Waals surface area contributed by atoms with Crippen LogP contribution in [0.4, 0.5) is 0 Å². The molecule has 20 heavy (non-hydrogen) atoms. The third kappa shape index (κ3) is 8.58. The van der Waals surface area contributed by atoms with Crippen LogP contribution in [0.1, 0.15) is 68.9 Å². The monoisotopic (exact) mass is 336 g/mol. The van der Waals surface area contributed by atoms with Crippen molar-refractivity contribution in [1.29, 1.82) is 0 Å². The Hall–Kier alpha value is -0.560. The highest BCUT2D eigenvalue weighted by atomic mass is 79.9. The maximum absolute atomic E-state index is 3.83. The predicted octanol–water partition coefficient (Wildman–Crippen LogP) is 6.78. The summed E-state index contributed by atoms with van der Waals surface area (Å²) in [6.45, 7) is 3.83. The number of hydrogen-bond donors (Lipinski definition) is 0. The van der Waals surface area contributed by atoms with Gasteiger partial charge in [-0.2, -0.15) is 0 Å². The fourth-order valence-corrected chi connectivity index (χ4v) is 2.93. The van der Waals surface area contributed by atoms with Crippen LogP contribution in [0.2, 0.25) is 0 Å². The van der Waals surface area contributed by atoms with E-state index < -0.39 is 0 Å². The number of hydrogen-bond acceptors (Lipinski definition) is 0. The number of unbranched alkanes of at least 4 members (excludes halogenated alkanes) is 8. The van der Waals surface area contributed by atoms with Gasteiger partial charge in [-0.1, -0.05) is 97.8 Å². The van der Waals surface area contributed by atoms with Gasteiger partial charge in [-0.05, 0) is 30.4 Å². The van der Waals surface area contributed by atoms with Crippen LogP contribution in [0, 0.1) is 0 Å². The van der Waals surface area contributed by atoms with Crippen LogP contribution in [-0.2, 0) is 6.42 Å². The van der Waals surface area contributed by atoms with Gasteiger partial charge in [-0.15, -0.1) is 0 Å². The molecule has 0 amide bonds. The molecule has 0 aliphatic heterocycles. The Morgan fingerprint density at radius 2 is 1.45 bits per heavy atom. The Morgan fingerprint density at radius 3 is 2.05 bits per heavy atom. The lowest BCUT2D eigenvalue weighted by Crippen LogP contribution is -1.87.